The summed E-state index contributed by atoms with van der Waals surface area (Å²) in [5, 5.41) is 4.49. The van der Waals surface area contributed by atoms with Crippen molar-refractivity contribution >= 4 is 11.0 Å². The van der Waals surface area contributed by atoms with E-state index >= 15 is 0 Å². The van der Waals surface area contributed by atoms with E-state index in [1.54, 1.807) is 0 Å². The minimum absolute atomic E-state index is 0.0399. The number of halogens is 3. The standard InChI is InChI=1S/C15H18F3N3O/c1-14(2,3)21-13-11(12(20-21)8-5-4-6-8)9(15(16,17)18)7-10(22)19-13/h7-8H,4-6H2,1-3H3,(H,19,22). The van der Waals surface area contributed by atoms with Gasteiger partial charge < -0.3 is 4.98 Å². The molecule has 4 nitrogen and oxygen atoms in total. The van der Waals surface area contributed by atoms with E-state index in [1.807, 2.05) is 20.8 Å². The van der Waals surface area contributed by atoms with Crippen LogP contribution in [0.4, 0.5) is 13.2 Å². The summed E-state index contributed by atoms with van der Waals surface area (Å²) in [7, 11) is 0. The molecule has 0 spiro atoms. The van der Waals surface area contributed by atoms with E-state index in [-0.39, 0.29) is 17.0 Å². The summed E-state index contributed by atoms with van der Waals surface area (Å²) in [6.07, 6.45) is -1.89. The second-order valence-corrected chi connectivity index (χ2v) is 6.86. The molecule has 0 bridgehead atoms. The van der Waals surface area contributed by atoms with E-state index in [0.29, 0.717) is 11.8 Å². The molecule has 0 aromatic carbocycles. The third-order valence-corrected chi connectivity index (χ3v) is 4.13. The molecule has 3 rings (SSSR count). The molecular formula is C15H18F3N3O. The van der Waals surface area contributed by atoms with E-state index < -0.39 is 22.8 Å². The van der Waals surface area contributed by atoms with E-state index in [0.717, 1.165) is 19.3 Å². The molecule has 0 radical (unpaired) electrons. The first kappa shape index (κ1) is 15.1. The molecule has 120 valence electrons. The Morgan fingerprint density at radius 3 is 2.36 bits per heavy atom. The van der Waals surface area contributed by atoms with Gasteiger partial charge in [0.25, 0.3) is 0 Å². The molecule has 1 saturated carbocycles. The molecule has 7 heteroatoms. The van der Waals surface area contributed by atoms with E-state index in [1.165, 1.54) is 4.68 Å². The van der Waals surface area contributed by atoms with Crippen molar-refractivity contribution in [2.24, 2.45) is 0 Å². The summed E-state index contributed by atoms with van der Waals surface area (Å²) >= 11 is 0. The van der Waals surface area contributed by atoms with E-state index in [9.17, 15) is 18.0 Å². The van der Waals surface area contributed by atoms with E-state index in [2.05, 4.69) is 10.1 Å². The summed E-state index contributed by atoms with van der Waals surface area (Å²) in [4.78, 5) is 14.2. The van der Waals surface area contributed by atoms with Gasteiger partial charge in [-0.3, -0.25) is 4.79 Å². The van der Waals surface area contributed by atoms with Crippen molar-refractivity contribution in [3.8, 4) is 0 Å². The lowest BCUT2D eigenvalue weighted by Crippen LogP contribution is -2.25. The van der Waals surface area contributed by atoms with E-state index in [4.69, 9.17) is 0 Å². The number of fused-ring (bicyclic) bond motifs is 1. The molecule has 0 amide bonds. The van der Waals surface area contributed by atoms with Crippen LogP contribution in [0.2, 0.25) is 0 Å². The zero-order valence-electron chi connectivity index (χ0n) is 12.7. The average molecular weight is 313 g/mol. The Morgan fingerprint density at radius 2 is 1.91 bits per heavy atom. The molecule has 2 aromatic rings. The van der Waals surface area contributed by atoms with Crippen LogP contribution < -0.4 is 5.56 Å². The SMILES string of the molecule is CC(C)(C)n1nc(C2CCC2)c2c(C(F)(F)F)cc(=O)[nH]c21. The fourth-order valence-electron chi connectivity index (χ4n) is 2.85. The topological polar surface area (TPSA) is 50.7 Å². The lowest BCUT2D eigenvalue weighted by atomic mass is 9.81. The Labute approximate surface area is 125 Å². The van der Waals surface area contributed by atoms with Gasteiger partial charge in [-0.05, 0) is 33.6 Å². The van der Waals surface area contributed by atoms with Gasteiger partial charge in [-0.15, -0.1) is 0 Å². The minimum Gasteiger partial charge on any atom is -0.307 e. The quantitative estimate of drug-likeness (QED) is 0.871. The van der Waals surface area contributed by atoms with Crippen molar-refractivity contribution in [1.82, 2.24) is 14.8 Å². The normalized spacial score (nSPS) is 17.0. The molecule has 0 atom stereocenters. The maximum absolute atomic E-state index is 13.4. The number of hydrogen-bond acceptors (Lipinski definition) is 2. The first-order chi connectivity index (χ1) is 10.1. The smallest absolute Gasteiger partial charge is 0.307 e. The second kappa shape index (κ2) is 4.60. The van der Waals surface area contributed by atoms with Gasteiger partial charge >= 0.3 is 6.18 Å². The first-order valence-corrected chi connectivity index (χ1v) is 7.32. The molecule has 1 fully saturated rings. The summed E-state index contributed by atoms with van der Waals surface area (Å²) in [6, 6.07) is 0.638. The Balaban J connectivity index is 2.41. The summed E-state index contributed by atoms with van der Waals surface area (Å²) in [5.41, 5.74) is -1.55. The lowest BCUT2D eigenvalue weighted by molar-refractivity contribution is -0.136. The number of aromatic amines is 1. The van der Waals surface area contributed by atoms with Gasteiger partial charge in [0.2, 0.25) is 5.56 Å². The molecule has 1 N–H and O–H groups in total. The number of alkyl halides is 3. The lowest BCUT2D eigenvalue weighted by Gasteiger charge is -2.24. The molecule has 1 aliphatic rings. The van der Waals surface area contributed by atoms with Crippen molar-refractivity contribution in [1.29, 1.82) is 0 Å². The number of aromatic nitrogens is 3. The molecular weight excluding hydrogens is 295 g/mol. The predicted octanol–water partition coefficient (Wildman–Crippen LogP) is 3.77. The average Bonchev–Trinajstić information content (AvgIpc) is 2.63. The molecule has 0 unspecified atom stereocenters. The third kappa shape index (κ3) is 2.32. The predicted molar refractivity (Wildman–Crippen MR) is 76.9 cm³/mol. The minimum atomic E-state index is -4.57. The number of H-pyrrole nitrogens is 1. The van der Waals surface area contributed by atoms with Gasteiger partial charge in [0.1, 0.15) is 5.65 Å². The highest BCUT2D eigenvalue weighted by atomic mass is 19.4. The monoisotopic (exact) mass is 313 g/mol. The van der Waals surface area contributed by atoms with Gasteiger partial charge in [-0.25, -0.2) is 4.68 Å². The highest BCUT2D eigenvalue weighted by molar-refractivity contribution is 5.83. The maximum Gasteiger partial charge on any atom is 0.417 e. The Hall–Kier alpha value is -1.79. The van der Waals surface area contributed by atoms with Gasteiger partial charge in [-0.2, -0.15) is 18.3 Å². The Kier molecular flexibility index (Phi) is 3.16. The van der Waals surface area contributed by atoms with Crippen molar-refractivity contribution in [2.45, 2.75) is 57.7 Å². The zero-order valence-corrected chi connectivity index (χ0v) is 12.7. The molecule has 22 heavy (non-hydrogen) atoms. The highest BCUT2D eigenvalue weighted by Gasteiger charge is 2.38. The Bertz CT molecular complexity index is 776. The van der Waals surface area contributed by atoms with Crippen LogP contribution in [0.15, 0.2) is 10.9 Å². The van der Waals surface area contributed by atoms with Crippen molar-refractivity contribution < 1.29 is 13.2 Å². The van der Waals surface area contributed by atoms with Crippen LogP contribution in [0.5, 0.6) is 0 Å². The van der Waals surface area contributed by atoms with Crippen molar-refractivity contribution in [2.75, 3.05) is 0 Å². The molecule has 0 saturated heterocycles. The van der Waals surface area contributed by atoms with Gasteiger partial charge in [0.15, 0.2) is 0 Å². The zero-order chi connectivity index (χ0) is 16.3. The summed E-state index contributed by atoms with van der Waals surface area (Å²) in [6.45, 7) is 5.55. The molecule has 1 aliphatic carbocycles. The number of nitrogens with zero attached hydrogens (tertiary/aromatic N) is 2. The summed E-state index contributed by atoms with van der Waals surface area (Å²) < 4.78 is 41.6. The van der Waals surface area contributed by atoms with Crippen LogP contribution in [0.3, 0.4) is 0 Å². The van der Waals surface area contributed by atoms with Crippen LogP contribution in [0.1, 0.15) is 57.2 Å². The number of nitrogens with one attached hydrogen (secondary N) is 1. The largest absolute Gasteiger partial charge is 0.417 e. The van der Waals surface area contributed by atoms with Gasteiger partial charge in [0, 0.05) is 12.0 Å². The van der Waals surface area contributed by atoms with Gasteiger partial charge in [0.05, 0.1) is 22.2 Å². The fraction of sp³-hybridized carbons (Fsp3) is 0.600. The van der Waals surface area contributed by atoms with Crippen molar-refractivity contribution in [3.63, 3.8) is 0 Å². The van der Waals surface area contributed by atoms with Crippen LogP contribution in [-0.4, -0.2) is 14.8 Å². The number of rotatable bonds is 1. The molecule has 0 aliphatic heterocycles. The van der Waals surface area contributed by atoms with Crippen LogP contribution in [0.25, 0.3) is 11.0 Å². The molecule has 2 heterocycles. The number of pyridine rings is 1. The maximum atomic E-state index is 13.4. The molecule has 2 aromatic heterocycles. The third-order valence-electron chi connectivity index (χ3n) is 4.13. The van der Waals surface area contributed by atoms with Crippen LogP contribution in [0, 0.1) is 0 Å². The second-order valence-electron chi connectivity index (χ2n) is 6.86. The van der Waals surface area contributed by atoms with Gasteiger partial charge in [-0.1, -0.05) is 6.42 Å². The van der Waals surface area contributed by atoms with Crippen LogP contribution >= 0.6 is 0 Å². The Morgan fingerprint density at radius 1 is 1.27 bits per heavy atom. The fourth-order valence-corrected chi connectivity index (χ4v) is 2.85. The summed E-state index contributed by atoms with van der Waals surface area (Å²) in [5.74, 6) is 0.0399. The van der Waals surface area contributed by atoms with Crippen LogP contribution in [-0.2, 0) is 11.7 Å². The van der Waals surface area contributed by atoms with Crippen molar-refractivity contribution in [3.05, 3.63) is 27.7 Å². The number of hydrogen-bond donors (Lipinski definition) is 1. The highest BCUT2D eigenvalue weighted by Crippen LogP contribution is 2.43. The first-order valence-electron chi connectivity index (χ1n) is 7.32.